The van der Waals surface area contributed by atoms with Gasteiger partial charge in [-0.25, -0.2) is 8.42 Å². The summed E-state index contributed by atoms with van der Waals surface area (Å²) in [6.07, 6.45) is 4.32. The highest BCUT2D eigenvalue weighted by Crippen LogP contribution is 2.18. The number of carbonyl (C=O) groups is 1. The third kappa shape index (κ3) is 4.83. The van der Waals surface area contributed by atoms with E-state index in [4.69, 9.17) is 0 Å². The van der Waals surface area contributed by atoms with E-state index in [1.807, 2.05) is 6.07 Å². The molecule has 6 nitrogen and oxygen atoms in total. The van der Waals surface area contributed by atoms with Crippen LogP contribution in [0.2, 0.25) is 0 Å². The zero-order chi connectivity index (χ0) is 17.9. The Kier molecular flexibility index (Phi) is 5.44. The van der Waals surface area contributed by atoms with Crippen LogP contribution >= 0.6 is 0 Å². The van der Waals surface area contributed by atoms with Gasteiger partial charge in [-0.2, -0.15) is 0 Å². The number of carbonyl (C=O) groups excluding carboxylic acids is 1. The molecule has 1 fully saturated rings. The first kappa shape index (κ1) is 17.9. The average molecular weight is 363 g/mol. The first-order valence-corrected chi connectivity index (χ1v) is 10.7. The first-order chi connectivity index (χ1) is 11.9. The lowest BCUT2D eigenvalue weighted by Gasteiger charge is -2.34. The minimum Gasteiger partial charge on any atom is -0.361 e. The Morgan fingerprint density at radius 2 is 1.88 bits per heavy atom. The van der Waals surface area contributed by atoms with E-state index in [1.54, 1.807) is 4.90 Å². The number of sulfone groups is 1. The van der Waals surface area contributed by atoms with Gasteiger partial charge in [-0.05, 0) is 18.1 Å². The number of aromatic amines is 1. The predicted octanol–water partition coefficient (Wildman–Crippen LogP) is 1.29. The topological polar surface area (TPSA) is 73.5 Å². The summed E-state index contributed by atoms with van der Waals surface area (Å²) in [5.74, 6) is -0.117. The van der Waals surface area contributed by atoms with Crippen molar-refractivity contribution in [2.75, 3.05) is 44.7 Å². The molecule has 1 aliphatic heterocycles. The van der Waals surface area contributed by atoms with E-state index in [0.717, 1.165) is 26.1 Å². The zero-order valence-corrected chi connectivity index (χ0v) is 15.4. The third-order valence-corrected chi connectivity index (χ3v) is 5.73. The summed E-state index contributed by atoms with van der Waals surface area (Å²) in [5.41, 5.74) is 2.49. The summed E-state index contributed by atoms with van der Waals surface area (Å²) < 4.78 is 22.4. The molecule has 1 amide bonds. The molecular weight excluding hydrogens is 338 g/mol. The highest BCUT2D eigenvalue weighted by atomic mass is 32.2. The number of hydrogen-bond acceptors (Lipinski definition) is 4. The Hall–Kier alpha value is -1.86. The van der Waals surface area contributed by atoms with Crippen LogP contribution in [0.5, 0.6) is 0 Å². The van der Waals surface area contributed by atoms with Gasteiger partial charge in [0.15, 0.2) is 0 Å². The number of nitrogens with one attached hydrogen (secondary N) is 1. The van der Waals surface area contributed by atoms with Crippen LogP contribution in [0.15, 0.2) is 30.5 Å². The second-order valence-corrected chi connectivity index (χ2v) is 8.97. The van der Waals surface area contributed by atoms with Crippen LogP contribution < -0.4 is 0 Å². The van der Waals surface area contributed by atoms with Gasteiger partial charge in [0.2, 0.25) is 5.91 Å². The maximum atomic E-state index is 12.1. The maximum absolute atomic E-state index is 12.1. The Balaban J connectivity index is 1.46. The molecule has 25 heavy (non-hydrogen) atoms. The van der Waals surface area contributed by atoms with Crippen molar-refractivity contribution in [1.82, 2.24) is 14.8 Å². The Morgan fingerprint density at radius 1 is 1.16 bits per heavy atom. The Morgan fingerprint density at radius 3 is 2.60 bits per heavy atom. The van der Waals surface area contributed by atoms with Crippen LogP contribution in [0.25, 0.3) is 10.9 Å². The molecule has 136 valence electrons. The lowest BCUT2D eigenvalue weighted by molar-refractivity contribution is -0.132. The molecule has 0 saturated carbocycles. The largest absolute Gasteiger partial charge is 0.361 e. The van der Waals surface area contributed by atoms with Gasteiger partial charge in [0.05, 0.1) is 5.75 Å². The third-order valence-electron chi connectivity index (χ3n) is 4.78. The van der Waals surface area contributed by atoms with Crippen molar-refractivity contribution in [1.29, 1.82) is 0 Å². The number of amides is 1. The zero-order valence-electron chi connectivity index (χ0n) is 14.6. The molecule has 1 aromatic carbocycles. The van der Waals surface area contributed by atoms with Crippen molar-refractivity contribution in [3.05, 3.63) is 36.0 Å². The molecule has 2 heterocycles. The van der Waals surface area contributed by atoms with E-state index in [2.05, 4.69) is 34.3 Å². The monoisotopic (exact) mass is 363 g/mol. The van der Waals surface area contributed by atoms with Gasteiger partial charge in [0, 0.05) is 62.5 Å². The quantitative estimate of drug-likeness (QED) is 0.839. The number of hydrogen-bond donors (Lipinski definition) is 1. The van der Waals surface area contributed by atoms with Crippen molar-refractivity contribution >= 4 is 26.6 Å². The predicted molar refractivity (Wildman–Crippen MR) is 99.4 cm³/mol. The number of fused-ring (bicyclic) bond motifs is 1. The van der Waals surface area contributed by atoms with Crippen LogP contribution in [0.3, 0.4) is 0 Å². The summed E-state index contributed by atoms with van der Waals surface area (Å²) in [7, 11) is -3.08. The Labute approximate surface area is 148 Å². The van der Waals surface area contributed by atoms with Gasteiger partial charge in [0.25, 0.3) is 0 Å². The van der Waals surface area contributed by atoms with Crippen LogP contribution in [0.1, 0.15) is 12.0 Å². The minimum atomic E-state index is -3.08. The Bertz CT molecular complexity index is 836. The molecule has 0 radical (unpaired) electrons. The number of H-pyrrole nitrogens is 1. The molecule has 3 rings (SSSR count). The van der Waals surface area contributed by atoms with Crippen LogP contribution in [-0.2, 0) is 21.1 Å². The maximum Gasteiger partial charge on any atom is 0.223 e. The van der Waals surface area contributed by atoms with E-state index in [1.165, 1.54) is 22.7 Å². The normalized spacial score (nSPS) is 16.4. The van der Waals surface area contributed by atoms with Crippen LogP contribution in [-0.4, -0.2) is 73.8 Å². The summed E-state index contributed by atoms with van der Waals surface area (Å²) in [6.45, 7) is 4.00. The molecule has 0 atom stereocenters. The summed E-state index contributed by atoms with van der Waals surface area (Å²) >= 11 is 0. The van der Waals surface area contributed by atoms with Gasteiger partial charge in [0.1, 0.15) is 9.84 Å². The van der Waals surface area contributed by atoms with Crippen LogP contribution in [0, 0.1) is 0 Å². The molecule has 0 aliphatic carbocycles. The lowest BCUT2D eigenvalue weighted by Crippen LogP contribution is -2.49. The SMILES string of the molecule is CS(=O)(=O)CCC(=O)N1CCN(CCc2c[nH]c3ccccc23)CC1. The highest BCUT2D eigenvalue weighted by molar-refractivity contribution is 7.90. The molecule has 1 N–H and O–H groups in total. The summed E-state index contributed by atoms with van der Waals surface area (Å²) in [6, 6.07) is 8.31. The smallest absolute Gasteiger partial charge is 0.223 e. The first-order valence-electron chi connectivity index (χ1n) is 8.65. The number of para-hydroxylation sites is 1. The van der Waals surface area contributed by atoms with E-state index < -0.39 is 9.84 Å². The number of benzene rings is 1. The second kappa shape index (κ2) is 7.58. The summed E-state index contributed by atoms with van der Waals surface area (Å²) in [5, 5.41) is 1.28. The fourth-order valence-corrected chi connectivity index (χ4v) is 3.81. The fourth-order valence-electron chi connectivity index (χ4n) is 3.27. The van der Waals surface area contributed by atoms with Gasteiger partial charge in [-0.15, -0.1) is 0 Å². The van der Waals surface area contributed by atoms with Crippen molar-refractivity contribution in [2.24, 2.45) is 0 Å². The number of rotatable bonds is 6. The van der Waals surface area contributed by atoms with Crippen molar-refractivity contribution < 1.29 is 13.2 Å². The molecular formula is C18H25N3O3S. The summed E-state index contributed by atoms with van der Waals surface area (Å²) in [4.78, 5) is 19.5. The average Bonchev–Trinajstić information content (AvgIpc) is 3.01. The second-order valence-electron chi connectivity index (χ2n) is 6.71. The molecule has 2 aromatic rings. The molecule has 1 aliphatic rings. The fraction of sp³-hybridized carbons (Fsp3) is 0.500. The van der Waals surface area contributed by atoms with Gasteiger partial charge >= 0.3 is 0 Å². The van der Waals surface area contributed by atoms with Gasteiger partial charge in [-0.1, -0.05) is 18.2 Å². The standard InChI is InChI=1S/C18H25N3O3S/c1-25(23,24)13-7-18(22)21-11-9-20(10-12-21)8-6-15-14-19-17-5-3-2-4-16(15)17/h2-5,14,19H,6-13H2,1H3. The van der Waals surface area contributed by atoms with E-state index in [0.29, 0.717) is 13.1 Å². The highest BCUT2D eigenvalue weighted by Gasteiger charge is 2.21. The minimum absolute atomic E-state index is 0.0540. The molecule has 0 unspecified atom stereocenters. The molecule has 0 bridgehead atoms. The van der Waals surface area contributed by atoms with E-state index in [-0.39, 0.29) is 18.1 Å². The van der Waals surface area contributed by atoms with E-state index in [9.17, 15) is 13.2 Å². The van der Waals surface area contributed by atoms with Crippen LogP contribution in [0.4, 0.5) is 0 Å². The van der Waals surface area contributed by atoms with E-state index >= 15 is 0 Å². The van der Waals surface area contributed by atoms with Crippen molar-refractivity contribution in [3.8, 4) is 0 Å². The van der Waals surface area contributed by atoms with Crippen molar-refractivity contribution in [3.63, 3.8) is 0 Å². The molecule has 1 saturated heterocycles. The van der Waals surface area contributed by atoms with Gasteiger partial charge in [-0.3, -0.25) is 9.69 Å². The number of piperazine rings is 1. The number of aromatic nitrogens is 1. The number of nitrogens with zero attached hydrogens (tertiary/aromatic N) is 2. The van der Waals surface area contributed by atoms with Crippen molar-refractivity contribution in [2.45, 2.75) is 12.8 Å². The lowest BCUT2D eigenvalue weighted by atomic mass is 10.1. The molecule has 7 heteroatoms. The van der Waals surface area contributed by atoms with Gasteiger partial charge < -0.3 is 9.88 Å². The molecule has 0 spiro atoms. The molecule has 1 aromatic heterocycles.